The first-order chi connectivity index (χ1) is 19.7. The Balaban J connectivity index is 2.18. The molecule has 0 spiro atoms. The minimum absolute atomic E-state index is 0.0608. The molecule has 238 valence electrons. The standard InChI is InChI=1S/C31H48ClNO9/c1-7-22(34)21(5)27-24(40-27)16-18(2)10-8-11-19(3)26-20(4)12-9-14-31(6,39)15-13-23(35)28(29(37)41-26)42-30(38)33-25(36)17-32/h8-12,18,20-24,26-28,34-35,39H,7,13-17H2,1-6H3,(H,33,36,38)/b10-8+,12-9+,19-11+. The van der Waals surface area contributed by atoms with Gasteiger partial charge in [0.2, 0.25) is 12.0 Å². The average Bonchev–Trinajstić information content (AvgIpc) is 3.70. The number of halogens is 1. The number of hydrogen-bond donors (Lipinski definition) is 4. The smallest absolute Gasteiger partial charge is 0.414 e. The number of aliphatic hydroxyl groups excluding tert-OH is 2. The summed E-state index contributed by atoms with van der Waals surface area (Å²) in [7, 11) is 0. The number of carbonyl (C=O) groups excluding carboxylic acids is 3. The predicted molar refractivity (Wildman–Crippen MR) is 159 cm³/mol. The number of amides is 2. The van der Waals surface area contributed by atoms with Crippen LogP contribution < -0.4 is 5.32 Å². The van der Waals surface area contributed by atoms with E-state index >= 15 is 0 Å². The van der Waals surface area contributed by atoms with Gasteiger partial charge in [0.15, 0.2) is 0 Å². The lowest BCUT2D eigenvalue weighted by Crippen LogP contribution is -2.46. The van der Waals surface area contributed by atoms with Crippen molar-refractivity contribution in [3.05, 3.63) is 36.0 Å². The molecule has 11 heteroatoms. The van der Waals surface area contributed by atoms with E-state index in [1.54, 1.807) is 6.92 Å². The van der Waals surface area contributed by atoms with E-state index in [1.165, 1.54) is 0 Å². The highest BCUT2D eigenvalue weighted by Gasteiger charge is 2.45. The van der Waals surface area contributed by atoms with Crippen LogP contribution in [0.15, 0.2) is 36.0 Å². The van der Waals surface area contributed by atoms with Crippen molar-refractivity contribution in [3.8, 4) is 0 Å². The van der Waals surface area contributed by atoms with E-state index in [1.807, 2.05) is 63.4 Å². The van der Waals surface area contributed by atoms with Crippen molar-refractivity contribution < 1.29 is 43.9 Å². The third kappa shape index (κ3) is 11.4. The molecule has 10 nitrogen and oxygen atoms in total. The largest absolute Gasteiger partial charge is 0.454 e. The second-order valence-corrected chi connectivity index (χ2v) is 12.2. The number of cyclic esters (lactones) is 1. The van der Waals surface area contributed by atoms with E-state index in [2.05, 4.69) is 6.92 Å². The molecular weight excluding hydrogens is 566 g/mol. The highest BCUT2D eigenvalue weighted by Crippen LogP contribution is 2.36. The van der Waals surface area contributed by atoms with E-state index in [0.29, 0.717) is 18.4 Å². The Morgan fingerprint density at radius 2 is 2.02 bits per heavy atom. The molecule has 10 atom stereocenters. The van der Waals surface area contributed by atoms with Crippen LogP contribution in [0.4, 0.5) is 4.79 Å². The lowest BCUT2D eigenvalue weighted by Gasteiger charge is -2.30. The zero-order valence-electron chi connectivity index (χ0n) is 25.5. The number of carbonyl (C=O) groups is 3. The number of epoxide rings is 1. The highest BCUT2D eigenvalue weighted by atomic mass is 35.5. The molecule has 0 radical (unpaired) electrons. The SMILES string of the molecule is CCC(O)C(C)C1OC1CC(C)/C=C/C=C(\C)C1OC(=O)C(OC(=O)NC(=O)CCl)C(O)CCC(C)(O)C/C=C/C1C. The normalized spacial score (nSPS) is 33.9. The molecule has 0 aromatic heterocycles. The number of nitrogens with one attached hydrogen (secondary N) is 1. The molecule has 2 heterocycles. The maximum absolute atomic E-state index is 13.3. The number of esters is 1. The van der Waals surface area contributed by atoms with Crippen LogP contribution in [-0.4, -0.2) is 81.4 Å². The summed E-state index contributed by atoms with van der Waals surface area (Å²) in [5.74, 6) is -2.32. The molecule has 2 aliphatic rings. The van der Waals surface area contributed by atoms with Crippen molar-refractivity contribution >= 4 is 29.6 Å². The number of aliphatic hydroxyl groups is 3. The maximum Gasteiger partial charge on any atom is 0.414 e. The molecule has 10 unspecified atom stereocenters. The van der Waals surface area contributed by atoms with E-state index in [-0.39, 0.29) is 48.9 Å². The second kappa shape index (κ2) is 16.6. The molecule has 1 saturated heterocycles. The van der Waals surface area contributed by atoms with E-state index < -0.39 is 47.8 Å². The first-order valence-electron chi connectivity index (χ1n) is 14.7. The molecule has 1 fully saturated rings. The zero-order chi connectivity index (χ0) is 31.6. The third-order valence-corrected chi connectivity index (χ3v) is 8.13. The van der Waals surface area contributed by atoms with Gasteiger partial charge in [0, 0.05) is 11.8 Å². The summed E-state index contributed by atoms with van der Waals surface area (Å²) >= 11 is 5.42. The van der Waals surface area contributed by atoms with Crippen LogP contribution in [0.25, 0.3) is 0 Å². The molecule has 4 N–H and O–H groups in total. The molecule has 42 heavy (non-hydrogen) atoms. The van der Waals surface area contributed by atoms with Gasteiger partial charge in [-0.05, 0) is 57.4 Å². The van der Waals surface area contributed by atoms with Crippen LogP contribution >= 0.6 is 11.6 Å². The molecule has 0 bridgehead atoms. The quantitative estimate of drug-likeness (QED) is 0.0942. The van der Waals surface area contributed by atoms with Crippen LogP contribution in [0.5, 0.6) is 0 Å². The predicted octanol–water partition coefficient (Wildman–Crippen LogP) is 3.95. The Hall–Kier alpha value is -2.24. The van der Waals surface area contributed by atoms with Gasteiger partial charge in [-0.2, -0.15) is 0 Å². The molecule has 2 aliphatic heterocycles. The lowest BCUT2D eigenvalue weighted by atomic mass is 9.90. The number of ether oxygens (including phenoxy) is 3. The number of alkyl halides is 1. The molecule has 2 rings (SSSR count). The Bertz CT molecular complexity index is 1010. The van der Waals surface area contributed by atoms with Gasteiger partial charge in [-0.3, -0.25) is 10.1 Å². The minimum Gasteiger partial charge on any atom is -0.454 e. The Morgan fingerprint density at radius 3 is 2.67 bits per heavy atom. The van der Waals surface area contributed by atoms with Gasteiger partial charge >= 0.3 is 12.1 Å². The van der Waals surface area contributed by atoms with Crippen molar-refractivity contribution in [1.82, 2.24) is 5.32 Å². The van der Waals surface area contributed by atoms with Gasteiger partial charge in [-0.25, -0.2) is 9.59 Å². The lowest BCUT2D eigenvalue weighted by molar-refractivity contribution is -0.166. The number of hydrogen-bond acceptors (Lipinski definition) is 9. The van der Waals surface area contributed by atoms with Gasteiger partial charge < -0.3 is 29.5 Å². The van der Waals surface area contributed by atoms with Gasteiger partial charge in [-0.1, -0.05) is 58.1 Å². The number of alkyl carbamates (subject to hydrolysis) is 1. The van der Waals surface area contributed by atoms with Gasteiger partial charge in [-0.15, -0.1) is 11.6 Å². The van der Waals surface area contributed by atoms with Crippen LogP contribution in [0, 0.1) is 17.8 Å². The van der Waals surface area contributed by atoms with Crippen molar-refractivity contribution in [2.75, 3.05) is 5.88 Å². The van der Waals surface area contributed by atoms with Gasteiger partial charge in [0.1, 0.15) is 18.1 Å². The number of allylic oxidation sites excluding steroid dienone is 3. The maximum atomic E-state index is 13.3. The second-order valence-electron chi connectivity index (χ2n) is 11.9. The topological polar surface area (TPSA) is 155 Å². The summed E-state index contributed by atoms with van der Waals surface area (Å²) in [6, 6.07) is 0. The van der Waals surface area contributed by atoms with Crippen molar-refractivity contribution in [1.29, 1.82) is 0 Å². The fraction of sp³-hybridized carbons (Fsp3) is 0.710. The fourth-order valence-electron chi connectivity index (χ4n) is 5.07. The molecule has 0 aromatic rings. The van der Waals surface area contributed by atoms with Gasteiger partial charge in [0.25, 0.3) is 0 Å². The highest BCUT2D eigenvalue weighted by molar-refractivity contribution is 6.28. The van der Waals surface area contributed by atoms with Crippen LogP contribution in [0.3, 0.4) is 0 Å². The Kier molecular flexibility index (Phi) is 14.2. The minimum atomic E-state index is -1.73. The molecule has 2 amide bonds. The molecule has 0 aromatic carbocycles. The summed E-state index contributed by atoms with van der Waals surface area (Å²) < 4.78 is 16.7. The van der Waals surface area contributed by atoms with Gasteiger partial charge in [0.05, 0.1) is 23.9 Å². The fourth-order valence-corrected chi connectivity index (χ4v) is 5.14. The Labute approximate surface area is 254 Å². The monoisotopic (exact) mass is 613 g/mol. The molecular formula is C31H48ClNO9. The molecule has 0 aliphatic carbocycles. The average molecular weight is 614 g/mol. The van der Waals surface area contributed by atoms with Crippen LogP contribution in [0.2, 0.25) is 0 Å². The summed E-state index contributed by atoms with van der Waals surface area (Å²) in [6.07, 6.45) is 5.90. The van der Waals surface area contributed by atoms with Crippen molar-refractivity contribution in [2.24, 2.45) is 17.8 Å². The Morgan fingerprint density at radius 1 is 1.33 bits per heavy atom. The zero-order valence-corrected chi connectivity index (χ0v) is 26.3. The summed E-state index contributed by atoms with van der Waals surface area (Å²) in [5.41, 5.74) is -0.458. The van der Waals surface area contributed by atoms with E-state index in [0.717, 1.165) is 6.42 Å². The number of rotatable bonds is 10. The van der Waals surface area contributed by atoms with Crippen LogP contribution in [-0.2, 0) is 23.8 Å². The van der Waals surface area contributed by atoms with Crippen molar-refractivity contribution in [3.63, 3.8) is 0 Å². The number of imide groups is 1. The summed E-state index contributed by atoms with van der Waals surface area (Å²) in [4.78, 5) is 37.0. The van der Waals surface area contributed by atoms with E-state index in [4.69, 9.17) is 25.8 Å². The third-order valence-electron chi connectivity index (χ3n) is 7.89. The summed E-state index contributed by atoms with van der Waals surface area (Å²) in [6.45, 7) is 11.3. The molecule has 0 saturated carbocycles. The van der Waals surface area contributed by atoms with E-state index in [9.17, 15) is 29.7 Å². The summed E-state index contributed by atoms with van der Waals surface area (Å²) in [5, 5.41) is 33.5. The van der Waals surface area contributed by atoms with Crippen LogP contribution in [0.1, 0.15) is 73.6 Å². The van der Waals surface area contributed by atoms with Crippen molar-refractivity contribution in [2.45, 2.75) is 116 Å². The first kappa shape index (κ1) is 36.0. The first-order valence-corrected chi connectivity index (χ1v) is 15.2.